The number of para-hydroxylation sites is 1. The molecule has 2 N–H and O–H groups in total. The summed E-state index contributed by atoms with van der Waals surface area (Å²) in [5, 5.41) is 10.7. The third-order valence-corrected chi connectivity index (χ3v) is 3.99. The molecule has 0 saturated heterocycles. The number of aryl methyl sites for hydroxylation is 1. The molecule has 0 saturated carbocycles. The predicted molar refractivity (Wildman–Crippen MR) is 85.0 cm³/mol. The van der Waals surface area contributed by atoms with Crippen LogP contribution in [0.4, 0.5) is 5.82 Å². The Kier molecular flexibility index (Phi) is 3.85. The van der Waals surface area contributed by atoms with Crippen molar-refractivity contribution in [2.45, 2.75) is 17.7 Å². The Morgan fingerprint density at radius 2 is 2.05 bits per heavy atom. The lowest BCUT2D eigenvalue weighted by molar-refractivity contribution is 0.998. The minimum Gasteiger partial charge on any atom is -0.382 e. The molecule has 22 heavy (non-hydrogen) atoms. The summed E-state index contributed by atoms with van der Waals surface area (Å²) in [7, 11) is 0. The molecule has 0 atom stereocenters. The van der Waals surface area contributed by atoms with Crippen molar-refractivity contribution in [3.05, 3.63) is 47.7 Å². The topological polar surface area (TPSA) is 101 Å². The highest BCUT2D eigenvalue weighted by molar-refractivity contribution is 7.98. The zero-order chi connectivity index (χ0) is 15.5. The van der Waals surface area contributed by atoms with Crippen molar-refractivity contribution >= 4 is 28.5 Å². The molecule has 1 aromatic carbocycles. The number of aromatic nitrogens is 4. The molecule has 0 amide bonds. The summed E-state index contributed by atoms with van der Waals surface area (Å²) in [5.74, 6) is 2.02. The number of nitrogens with two attached hydrogens (primary N) is 1. The molecule has 2 aromatic heterocycles. The largest absolute Gasteiger partial charge is 0.382 e. The Morgan fingerprint density at radius 3 is 2.82 bits per heavy atom. The van der Waals surface area contributed by atoms with Crippen molar-refractivity contribution in [2.75, 3.05) is 5.73 Å². The van der Waals surface area contributed by atoms with Gasteiger partial charge in [-0.05, 0) is 13.0 Å². The average Bonchev–Trinajstić information content (AvgIpc) is 2.52. The first-order valence-electron chi connectivity index (χ1n) is 6.55. The smallest absolute Gasteiger partial charge is 0.145 e. The van der Waals surface area contributed by atoms with Gasteiger partial charge in [0.15, 0.2) is 0 Å². The van der Waals surface area contributed by atoms with Gasteiger partial charge >= 0.3 is 0 Å². The number of fused-ring (bicyclic) bond motifs is 1. The monoisotopic (exact) mass is 308 g/mol. The van der Waals surface area contributed by atoms with Gasteiger partial charge in [0.1, 0.15) is 34.1 Å². The summed E-state index contributed by atoms with van der Waals surface area (Å²) in [6, 6.07) is 9.82. The molecule has 3 aromatic rings. The Morgan fingerprint density at radius 1 is 1.23 bits per heavy atom. The summed E-state index contributed by atoms with van der Waals surface area (Å²) < 4.78 is 0. The number of nitriles is 1. The molecule has 0 fully saturated rings. The van der Waals surface area contributed by atoms with E-state index in [1.165, 1.54) is 18.0 Å². The van der Waals surface area contributed by atoms with Crippen LogP contribution in [-0.4, -0.2) is 19.9 Å². The standard InChI is InChI=1S/C15H12N6S/c1-9-19-12-5-3-2-4-11(12)15(20-9)22-8-13-18-7-10(6-16)14(17)21-13/h2-5,7H,8H2,1H3,(H2,17,18,21). The molecule has 7 heteroatoms. The fraction of sp³-hybridized carbons (Fsp3) is 0.133. The maximum atomic E-state index is 8.83. The zero-order valence-corrected chi connectivity index (χ0v) is 12.6. The minimum atomic E-state index is 0.205. The van der Waals surface area contributed by atoms with E-state index in [0.717, 1.165) is 21.8 Å². The zero-order valence-electron chi connectivity index (χ0n) is 11.8. The Bertz CT molecular complexity index is 887. The van der Waals surface area contributed by atoms with Crippen LogP contribution in [-0.2, 0) is 5.75 Å². The fourth-order valence-electron chi connectivity index (χ4n) is 1.99. The molecule has 0 aliphatic rings. The van der Waals surface area contributed by atoms with Crippen molar-refractivity contribution in [3.63, 3.8) is 0 Å². The van der Waals surface area contributed by atoms with E-state index in [-0.39, 0.29) is 11.4 Å². The molecule has 2 heterocycles. The Hall–Kier alpha value is -2.72. The summed E-state index contributed by atoms with van der Waals surface area (Å²) >= 11 is 1.52. The molecule has 0 radical (unpaired) electrons. The lowest BCUT2D eigenvalue weighted by Gasteiger charge is -2.06. The summed E-state index contributed by atoms with van der Waals surface area (Å²) in [5.41, 5.74) is 6.91. The summed E-state index contributed by atoms with van der Waals surface area (Å²) in [4.78, 5) is 17.2. The number of hydrogen-bond acceptors (Lipinski definition) is 7. The molecular weight excluding hydrogens is 296 g/mol. The van der Waals surface area contributed by atoms with Crippen molar-refractivity contribution in [1.29, 1.82) is 5.26 Å². The minimum absolute atomic E-state index is 0.205. The van der Waals surface area contributed by atoms with Gasteiger partial charge in [-0.15, -0.1) is 0 Å². The van der Waals surface area contributed by atoms with Gasteiger partial charge < -0.3 is 5.73 Å². The molecule has 3 rings (SSSR count). The van der Waals surface area contributed by atoms with E-state index >= 15 is 0 Å². The normalized spacial score (nSPS) is 10.5. The number of rotatable bonds is 3. The predicted octanol–water partition coefficient (Wildman–Crippen LogP) is 2.47. The quantitative estimate of drug-likeness (QED) is 0.585. The van der Waals surface area contributed by atoms with Crippen LogP contribution in [0, 0.1) is 18.3 Å². The maximum absolute atomic E-state index is 8.83. The van der Waals surface area contributed by atoms with E-state index in [1.807, 2.05) is 37.3 Å². The van der Waals surface area contributed by atoms with E-state index in [2.05, 4.69) is 19.9 Å². The van der Waals surface area contributed by atoms with Gasteiger partial charge in [-0.25, -0.2) is 19.9 Å². The average molecular weight is 308 g/mol. The fourth-order valence-corrected chi connectivity index (χ4v) is 2.92. The van der Waals surface area contributed by atoms with Gasteiger partial charge in [0.05, 0.1) is 17.5 Å². The SMILES string of the molecule is Cc1nc(SCc2ncc(C#N)c(N)n2)c2ccccc2n1. The second-order valence-corrected chi connectivity index (χ2v) is 5.54. The lowest BCUT2D eigenvalue weighted by atomic mass is 10.2. The Balaban J connectivity index is 1.88. The summed E-state index contributed by atoms with van der Waals surface area (Å²) in [6.45, 7) is 1.87. The maximum Gasteiger partial charge on any atom is 0.145 e. The van der Waals surface area contributed by atoms with E-state index < -0.39 is 0 Å². The Labute approximate surface area is 131 Å². The van der Waals surface area contributed by atoms with Crippen LogP contribution in [0.15, 0.2) is 35.5 Å². The third-order valence-electron chi connectivity index (χ3n) is 3.01. The van der Waals surface area contributed by atoms with Crippen LogP contribution >= 0.6 is 11.8 Å². The van der Waals surface area contributed by atoms with Crippen molar-refractivity contribution in [1.82, 2.24) is 19.9 Å². The van der Waals surface area contributed by atoms with Crippen LogP contribution in [0.1, 0.15) is 17.2 Å². The van der Waals surface area contributed by atoms with Crippen molar-refractivity contribution in [3.8, 4) is 6.07 Å². The molecule has 0 aliphatic carbocycles. The number of nitrogens with zero attached hydrogens (tertiary/aromatic N) is 5. The number of nitrogen functional groups attached to an aromatic ring is 1. The highest BCUT2D eigenvalue weighted by Crippen LogP contribution is 2.27. The van der Waals surface area contributed by atoms with Gasteiger partial charge in [-0.1, -0.05) is 30.0 Å². The van der Waals surface area contributed by atoms with Gasteiger partial charge in [0.25, 0.3) is 0 Å². The van der Waals surface area contributed by atoms with Crippen molar-refractivity contribution < 1.29 is 0 Å². The molecule has 0 aliphatic heterocycles. The lowest BCUT2D eigenvalue weighted by Crippen LogP contribution is -2.01. The van der Waals surface area contributed by atoms with Crippen molar-refractivity contribution in [2.24, 2.45) is 0 Å². The summed E-state index contributed by atoms with van der Waals surface area (Å²) in [6.07, 6.45) is 1.45. The molecule has 0 spiro atoms. The van der Waals surface area contributed by atoms with E-state index in [1.54, 1.807) is 0 Å². The third kappa shape index (κ3) is 2.82. The molecule has 0 unspecified atom stereocenters. The second-order valence-electron chi connectivity index (χ2n) is 4.58. The molecular formula is C15H12N6S. The van der Waals surface area contributed by atoms with E-state index in [9.17, 15) is 0 Å². The first-order chi connectivity index (χ1) is 10.7. The molecule has 6 nitrogen and oxygen atoms in total. The van der Waals surface area contributed by atoms with Gasteiger partial charge in [-0.3, -0.25) is 0 Å². The highest BCUT2D eigenvalue weighted by atomic mass is 32.2. The van der Waals surface area contributed by atoms with E-state index in [0.29, 0.717) is 11.6 Å². The van der Waals surface area contributed by atoms with Crippen LogP contribution < -0.4 is 5.73 Å². The molecule has 0 bridgehead atoms. The number of anilines is 1. The van der Waals surface area contributed by atoms with Gasteiger partial charge in [0.2, 0.25) is 0 Å². The second kappa shape index (κ2) is 5.95. The van der Waals surface area contributed by atoms with Gasteiger partial charge in [-0.2, -0.15) is 5.26 Å². The first kappa shape index (κ1) is 14.2. The van der Waals surface area contributed by atoms with Crippen LogP contribution in [0.5, 0.6) is 0 Å². The number of benzene rings is 1. The first-order valence-corrected chi connectivity index (χ1v) is 7.53. The van der Waals surface area contributed by atoms with Gasteiger partial charge in [0, 0.05) is 5.39 Å². The number of hydrogen-bond donors (Lipinski definition) is 1. The highest BCUT2D eigenvalue weighted by Gasteiger charge is 2.09. The molecule has 108 valence electrons. The van der Waals surface area contributed by atoms with Crippen LogP contribution in [0.25, 0.3) is 10.9 Å². The number of thioether (sulfide) groups is 1. The van der Waals surface area contributed by atoms with E-state index in [4.69, 9.17) is 11.0 Å². The van der Waals surface area contributed by atoms with Crippen LogP contribution in [0.3, 0.4) is 0 Å². The van der Waals surface area contributed by atoms with Crippen LogP contribution in [0.2, 0.25) is 0 Å².